The molecule has 2 aromatic rings. The van der Waals surface area contributed by atoms with Gasteiger partial charge in [0.15, 0.2) is 0 Å². The van der Waals surface area contributed by atoms with Crippen molar-refractivity contribution in [1.29, 1.82) is 0 Å². The predicted octanol–water partition coefficient (Wildman–Crippen LogP) is 1.16. The van der Waals surface area contributed by atoms with Crippen molar-refractivity contribution in [3.63, 3.8) is 0 Å². The van der Waals surface area contributed by atoms with Gasteiger partial charge in [-0.15, -0.1) is 0 Å². The number of carbonyl (C=O) groups is 2. The van der Waals surface area contributed by atoms with Gasteiger partial charge in [0.25, 0.3) is 0 Å². The quantitative estimate of drug-likeness (QED) is 0.656. The van der Waals surface area contributed by atoms with Crippen molar-refractivity contribution in [2.75, 3.05) is 7.11 Å². The molecule has 0 saturated heterocycles. The lowest BCUT2D eigenvalue weighted by Crippen LogP contribution is -2.50. The van der Waals surface area contributed by atoms with E-state index in [0.29, 0.717) is 12.8 Å². The van der Waals surface area contributed by atoms with Gasteiger partial charge in [-0.2, -0.15) is 0 Å². The van der Waals surface area contributed by atoms with Gasteiger partial charge in [0.2, 0.25) is 5.91 Å². The number of phenols is 1. The van der Waals surface area contributed by atoms with E-state index in [-0.39, 0.29) is 5.75 Å². The van der Waals surface area contributed by atoms with Crippen LogP contribution in [0.3, 0.4) is 0 Å². The van der Waals surface area contributed by atoms with Crippen LogP contribution in [0.2, 0.25) is 0 Å². The Morgan fingerprint density at radius 2 is 1.64 bits per heavy atom. The normalized spacial score (nSPS) is 12.9. The van der Waals surface area contributed by atoms with Crippen LogP contribution >= 0.6 is 0 Å². The largest absolute Gasteiger partial charge is 0.508 e. The Morgan fingerprint density at radius 1 is 1.04 bits per heavy atom. The van der Waals surface area contributed by atoms with Crippen molar-refractivity contribution in [2.24, 2.45) is 5.73 Å². The average molecular weight is 342 g/mol. The lowest BCUT2D eigenvalue weighted by molar-refractivity contribution is -0.145. The van der Waals surface area contributed by atoms with Crippen molar-refractivity contribution in [1.82, 2.24) is 5.32 Å². The number of nitrogens with one attached hydrogen (secondary N) is 1. The molecule has 0 aliphatic rings. The molecule has 0 fully saturated rings. The van der Waals surface area contributed by atoms with Crippen LogP contribution in [0, 0.1) is 0 Å². The molecule has 0 aromatic heterocycles. The number of rotatable bonds is 7. The zero-order valence-corrected chi connectivity index (χ0v) is 14.0. The van der Waals surface area contributed by atoms with Crippen LogP contribution in [-0.4, -0.2) is 36.2 Å². The van der Waals surface area contributed by atoms with Gasteiger partial charge in [-0.3, -0.25) is 4.79 Å². The summed E-state index contributed by atoms with van der Waals surface area (Å²) in [5.74, 6) is -0.802. The number of amides is 1. The van der Waals surface area contributed by atoms with Crippen molar-refractivity contribution in [3.05, 3.63) is 65.7 Å². The summed E-state index contributed by atoms with van der Waals surface area (Å²) in [6.45, 7) is 0. The first-order valence-electron chi connectivity index (χ1n) is 7.95. The van der Waals surface area contributed by atoms with Gasteiger partial charge in [-0.05, 0) is 29.7 Å². The highest BCUT2D eigenvalue weighted by Gasteiger charge is 2.24. The van der Waals surface area contributed by atoms with Crippen LogP contribution in [0.4, 0.5) is 0 Å². The van der Waals surface area contributed by atoms with Gasteiger partial charge in [0.1, 0.15) is 11.8 Å². The minimum absolute atomic E-state index is 0.149. The monoisotopic (exact) mass is 342 g/mol. The molecule has 0 spiro atoms. The molecule has 0 aliphatic carbocycles. The van der Waals surface area contributed by atoms with E-state index in [2.05, 4.69) is 5.32 Å². The standard InChI is InChI=1S/C19H22N2O4/c1-25-19(24)17(12-13-5-3-2-4-6-13)21-18(23)16(20)11-14-7-9-15(22)10-8-14/h2-10,16-17,22H,11-12,20H2,1H3,(H,21,23). The number of carbonyl (C=O) groups excluding carboxylic acids is 2. The average Bonchev–Trinajstić information content (AvgIpc) is 2.63. The molecule has 0 saturated carbocycles. The number of esters is 1. The van der Waals surface area contributed by atoms with Gasteiger partial charge in [-0.1, -0.05) is 42.5 Å². The summed E-state index contributed by atoms with van der Waals surface area (Å²) in [6, 6.07) is 14.2. The van der Waals surface area contributed by atoms with Crippen LogP contribution in [0.5, 0.6) is 5.75 Å². The second-order valence-corrected chi connectivity index (χ2v) is 5.75. The van der Waals surface area contributed by atoms with Gasteiger partial charge in [0, 0.05) is 6.42 Å². The van der Waals surface area contributed by atoms with Gasteiger partial charge in [0.05, 0.1) is 13.2 Å². The molecule has 1 amide bonds. The summed E-state index contributed by atoms with van der Waals surface area (Å²) >= 11 is 0. The van der Waals surface area contributed by atoms with E-state index in [0.717, 1.165) is 11.1 Å². The highest BCUT2D eigenvalue weighted by atomic mass is 16.5. The number of aromatic hydroxyl groups is 1. The third-order valence-electron chi connectivity index (χ3n) is 3.81. The Kier molecular flexibility index (Phi) is 6.54. The van der Waals surface area contributed by atoms with Gasteiger partial charge in [-0.25, -0.2) is 4.79 Å². The van der Waals surface area contributed by atoms with Gasteiger partial charge < -0.3 is 20.9 Å². The summed E-state index contributed by atoms with van der Waals surface area (Å²) in [5.41, 5.74) is 7.67. The number of ether oxygens (including phenoxy) is 1. The number of phenolic OH excluding ortho intramolecular Hbond substituents is 1. The van der Waals surface area contributed by atoms with Crippen LogP contribution in [0.15, 0.2) is 54.6 Å². The molecule has 0 aliphatic heterocycles. The highest BCUT2D eigenvalue weighted by molar-refractivity contribution is 5.87. The van der Waals surface area contributed by atoms with E-state index < -0.39 is 24.0 Å². The minimum Gasteiger partial charge on any atom is -0.508 e. The smallest absolute Gasteiger partial charge is 0.328 e. The van der Waals surface area contributed by atoms with E-state index in [9.17, 15) is 14.7 Å². The first kappa shape index (κ1) is 18.5. The minimum atomic E-state index is -0.813. The maximum Gasteiger partial charge on any atom is 0.328 e. The number of methoxy groups -OCH3 is 1. The lowest BCUT2D eigenvalue weighted by atomic mass is 10.0. The third-order valence-corrected chi connectivity index (χ3v) is 3.81. The molecule has 0 radical (unpaired) electrons. The first-order chi connectivity index (χ1) is 12.0. The number of hydrogen-bond acceptors (Lipinski definition) is 5. The van der Waals surface area contributed by atoms with E-state index in [1.165, 1.54) is 19.2 Å². The number of nitrogens with two attached hydrogens (primary N) is 1. The highest BCUT2D eigenvalue weighted by Crippen LogP contribution is 2.11. The summed E-state index contributed by atoms with van der Waals surface area (Å²) in [5, 5.41) is 11.9. The topological polar surface area (TPSA) is 102 Å². The Bertz CT molecular complexity index is 701. The predicted molar refractivity (Wildman–Crippen MR) is 93.9 cm³/mol. The molecular formula is C19H22N2O4. The summed E-state index contributed by atoms with van der Waals surface area (Å²) in [7, 11) is 1.28. The molecule has 2 atom stereocenters. The molecular weight excluding hydrogens is 320 g/mol. The Balaban J connectivity index is 2.00. The van der Waals surface area contributed by atoms with Crippen LogP contribution in [0.1, 0.15) is 11.1 Å². The molecule has 4 N–H and O–H groups in total. The Labute approximate surface area is 146 Å². The second kappa shape index (κ2) is 8.84. The fraction of sp³-hybridized carbons (Fsp3) is 0.263. The first-order valence-corrected chi connectivity index (χ1v) is 7.95. The van der Waals surface area contributed by atoms with Crippen LogP contribution < -0.4 is 11.1 Å². The molecule has 0 bridgehead atoms. The van der Waals surface area contributed by atoms with Crippen molar-refractivity contribution in [2.45, 2.75) is 24.9 Å². The summed E-state index contributed by atoms with van der Waals surface area (Å²) in [6.07, 6.45) is 0.622. The summed E-state index contributed by atoms with van der Waals surface area (Å²) in [4.78, 5) is 24.3. The maximum absolute atomic E-state index is 12.3. The molecule has 2 unspecified atom stereocenters. The Morgan fingerprint density at radius 3 is 2.24 bits per heavy atom. The fourth-order valence-electron chi connectivity index (χ4n) is 2.44. The van der Waals surface area contributed by atoms with Crippen molar-refractivity contribution >= 4 is 11.9 Å². The van der Waals surface area contributed by atoms with Crippen molar-refractivity contribution in [3.8, 4) is 5.75 Å². The molecule has 25 heavy (non-hydrogen) atoms. The van der Waals surface area contributed by atoms with Crippen LogP contribution in [0.25, 0.3) is 0 Å². The Hall–Kier alpha value is -2.86. The molecule has 2 rings (SSSR count). The fourth-order valence-corrected chi connectivity index (χ4v) is 2.44. The maximum atomic E-state index is 12.3. The zero-order valence-electron chi connectivity index (χ0n) is 14.0. The lowest BCUT2D eigenvalue weighted by Gasteiger charge is -2.19. The van der Waals surface area contributed by atoms with E-state index in [1.807, 2.05) is 30.3 Å². The second-order valence-electron chi connectivity index (χ2n) is 5.75. The zero-order chi connectivity index (χ0) is 18.2. The van der Waals surface area contributed by atoms with Crippen LogP contribution in [-0.2, 0) is 27.2 Å². The molecule has 6 nitrogen and oxygen atoms in total. The summed E-state index contributed by atoms with van der Waals surface area (Å²) < 4.78 is 4.77. The SMILES string of the molecule is COC(=O)C(Cc1ccccc1)NC(=O)C(N)Cc1ccc(O)cc1. The number of hydrogen-bond donors (Lipinski definition) is 3. The van der Waals surface area contributed by atoms with E-state index >= 15 is 0 Å². The van der Waals surface area contributed by atoms with Crippen molar-refractivity contribution < 1.29 is 19.4 Å². The number of benzene rings is 2. The molecule has 0 heterocycles. The molecule has 132 valence electrons. The molecule has 6 heteroatoms. The van der Waals surface area contributed by atoms with E-state index in [1.54, 1.807) is 12.1 Å². The third kappa shape index (κ3) is 5.61. The van der Waals surface area contributed by atoms with E-state index in [4.69, 9.17) is 10.5 Å². The molecule has 2 aromatic carbocycles. The van der Waals surface area contributed by atoms with Gasteiger partial charge >= 0.3 is 5.97 Å².